The van der Waals surface area contributed by atoms with Crippen LogP contribution in [0.5, 0.6) is 0 Å². The minimum absolute atomic E-state index is 0.0932. The van der Waals surface area contributed by atoms with Crippen molar-refractivity contribution in [1.82, 2.24) is 4.98 Å². The molecule has 1 unspecified atom stereocenters. The number of aromatic nitrogens is 1. The van der Waals surface area contributed by atoms with Gasteiger partial charge in [0, 0.05) is 21.5 Å². The number of thiazole rings is 1. The van der Waals surface area contributed by atoms with Gasteiger partial charge in [0.25, 0.3) is 5.78 Å². The fourth-order valence-corrected chi connectivity index (χ4v) is 5.56. The Kier molecular flexibility index (Phi) is 5.04. The standard InChI is InChI=1S/C22H11ClF2N2O3S2/c23-11-4-1-3-10(7-11)19(28)17-18(15-5-2-6-31-15)27(21(30)20(17)29)22-26-14-8-12(24)13(25)9-16(14)32-22/h1-9,18,28H/b19-17+. The average molecular weight is 489 g/mol. The van der Waals surface area contributed by atoms with E-state index in [4.69, 9.17) is 11.6 Å². The highest BCUT2D eigenvalue weighted by Gasteiger charge is 2.48. The van der Waals surface area contributed by atoms with E-state index in [1.165, 1.54) is 17.4 Å². The molecule has 1 N–H and O–H groups in total. The molecule has 5 nitrogen and oxygen atoms in total. The number of carbonyl (C=O) groups excluding carboxylic acids is 2. The number of carbonyl (C=O) groups is 2. The molecule has 0 spiro atoms. The Hall–Kier alpha value is -3.14. The van der Waals surface area contributed by atoms with Gasteiger partial charge in [0.2, 0.25) is 0 Å². The number of ketones is 1. The third-order valence-corrected chi connectivity index (χ3v) is 7.16. The van der Waals surface area contributed by atoms with Gasteiger partial charge in [-0.25, -0.2) is 13.8 Å². The fraction of sp³-hybridized carbons (Fsp3) is 0.0455. The molecule has 0 radical (unpaired) electrons. The third kappa shape index (κ3) is 3.29. The summed E-state index contributed by atoms with van der Waals surface area (Å²) in [6, 6.07) is 10.8. The van der Waals surface area contributed by atoms with Crippen LogP contribution in [0, 0.1) is 11.6 Å². The summed E-state index contributed by atoms with van der Waals surface area (Å²) in [7, 11) is 0. The highest BCUT2D eigenvalue weighted by molar-refractivity contribution is 7.22. The SMILES string of the molecule is O=C1C(=O)N(c2nc3cc(F)c(F)cc3s2)C(c2cccs2)/C1=C(\O)c1cccc(Cl)c1. The maximum Gasteiger partial charge on any atom is 0.301 e. The number of amides is 1. The molecule has 1 fully saturated rings. The van der Waals surface area contributed by atoms with E-state index < -0.39 is 29.4 Å². The van der Waals surface area contributed by atoms with Gasteiger partial charge < -0.3 is 5.11 Å². The molecule has 1 aliphatic heterocycles. The van der Waals surface area contributed by atoms with Crippen molar-refractivity contribution in [3.05, 3.63) is 86.6 Å². The van der Waals surface area contributed by atoms with Crippen molar-refractivity contribution in [2.24, 2.45) is 0 Å². The third-order valence-electron chi connectivity index (χ3n) is 4.98. The van der Waals surface area contributed by atoms with Crippen molar-refractivity contribution in [2.45, 2.75) is 6.04 Å². The highest BCUT2D eigenvalue weighted by Crippen LogP contribution is 2.45. The van der Waals surface area contributed by atoms with E-state index in [-0.39, 0.29) is 27.5 Å². The van der Waals surface area contributed by atoms with Crippen molar-refractivity contribution >= 4 is 67.1 Å². The minimum atomic E-state index is -1.06. The van der Waals surface area contributed by atoms with Crippen molar-refractivity contribution < 1.29 is 23.5 Å². The zero-order chi connectivity index (χ0) is 22.6. The van der Waals surface area contributed by atoms with Gasteiger partial charge in [-0.05, 0) is 29.6 Å². The highest BCUT2D eigenvalue weighted by atomic mass is 35.5. The number of aliphatic hydroxyl groups is 1. The number of hydrogen-bond acceptors (Lipinski definition) is 6. The lowest BCUT2D eigenvalue weighted by atomic mass is 10.00. The van der Waals surface area contributed by atoms with E-state index in [1.807, 2.05) is 0 Å². The molecule has 2 aromatic heterocycles. The van der Waals surface area contributed by atoms with Gasteiger partial charge in [0.1, 0.15) is 11.8 Å². The van der Waals surface area contributed by atoms with E-state index in [2.05, 4.69) is 4.98 Å². The molecule has 160 valence electrons. The van der Waals surface area contributed by atoms with Crippen LogP contribution in [0.25, 0.3) is 16.0 Å². The summed E-state index contributed by atoms with van der Waals surface area (Å²) < 4.78 is 27.7. The quantitative estimate of drug-likeness (QED) is 0.221. The Morgan fingerprint density at radius 3 is 2.59 bits per heavy atom. The molecule has 1 aliphatic rings. The first-order valence-electron chi connectivity index (χ1n) is 9.21. The maximum atomic E-state index is 13.7. The van der Waals surface area contributed by atoms with Crippen LogP contribution in [0.2, 0.25) is 5.02 Å². The smallest absolute Gasteiger partial charge is 0.301 e. The van der Waals surface area contributed by atoms with Crippen LogP contribution >= 0.6 is 34.3 Å². The number of hydrogen-bond donors (Lipinski definition) is 1. The zero-order valence-corrected chi connectivity index (χ0v) is 18.3. The number of anilines is 1. The monoisotopic (exact) mass is 488 g/mol. The largest absolute Gasteiger partial charge is 0.507 e. The summed E-state index contributed by atoms with van der Waals surface area (Å²) in [6.45, 7) is 0. The first-order chi connectivity index (χ1) is 15.3. The molecule has 1 atom stereocenters. The van der Waals surface area contributed by atoms with E-state index in [9.17, 15) is 23.5 Å². The molecule has 0 saturated carbocycles. The second-order valence-corrected chi connectivity index (χ2v) is 9.35. The van der Waals surface area contributed by atoms with E-state index >= 15 is 0 Å². The number of nitrogens with zero attached hydrogens (tertiary/aromatic N) is 2. The van der Waals surface area contributed by atoms with Gasteiger partial charge in [-0.2, -0.15) is 0 Å². The van der Waals surface area contributed by atoms with E-state index in [0.717, 1.165) is 28.4 Å². The Labute approximate surface area is 192 Å². The topological polar surface area (TPSA) is 70.5 Å². The van der Waals surface area contributed by atoms with Crippen LogP contribution in [0.4, 0.5) is 13.9 Å². The first-order valence-corrected chi connectivity index (χ1v) is 11.3. The first kappa shape index (κ1) is 20.7. The molecule has 5 rings (SSSR count). The molecule has 3 heterocycles. The Bertz CT molecular complexity index is 1390. The summed E-state index contributed by atoms with van der Waals surface area (Å²) in [4.78, 5) is 32.1. The second kappa shape index (κ2) is 7.77. The molecule has 1 saturated heterocycles. The number of fused-ring (bicyclic) bond motifs is 1. The van der Waals surface area contributed by atoms with E-state index in [0.29, 0.717) is 14.6 Å². The van der Waals surface area contributed by atoms with Gasteiger partial charge in [0.05, 0.1) is 15.8 Å². The van der Waals surface area contributed by atoms with Crippen LogP contribution in [0.1, 0.15) is 16.5 Å². The van der Waals surface area contributed by atoms with Gasteiger partial charge in [0.15, 0.2) is 16.8 Å². The summed E-state index contributed by atoms with van der Waals surface area (Å²) in [5.74, 6) is -4.26. The van der Waals surface area contributed by atoms with Gasteiger partial charge in [-0.1, -0.05) is 41.1 Å². The average Bonchev–Trinajstić information content (AvgIpc) is 3.47. The number of thiophene rings is 1. The molecule has 1 amide bonds. The number of halogens is 3. The van der Waals surface area contributed by atoms with Crippen molar-refractivity contribution in [3.8, 4) is 0 Å². The lowest BCUT2D eigenvalue weighted by Crippen LogP contribution is -2.28. The Balaban J connectivity index is 1.72. The zero-order valence-electron chi connectivity index (χ0n) is 15.9. The van der Waals surface area contributed by atoms with Crippen LogP contribution in [-0.4, -0.2) is 21.8 Å². The van der Waals surface area contributed by atoms with Crippen LogP contribution < -0.4 is 4.90 Å². The van der Waals surface area contributed by atoms with Crippen LogP contribution in [0.3, 0.4) is 0 Å². The predicted molar refractivity (Wildman–Crippen MR) is 120 cm³/mol. The molecule has 32 heavy (non-hydrogen) atoms. The predicted octanol–water partition coefficient (Wildman–Crippen LogP) is 5.92. The summed E-state index contributed by atoms with van der Waals surface area (Å²) >= 11 is 8.27. The molecular formula is C22H11ClF2N2O3S2. The molecule has 4 aromatic rings. The number of aliphatic hydroxyl groups excluding tert-OH is 1. The summed E-state index contributed by atoms with van der Waals surface area (Å²) in [5.41, 5.74) is 0.326. The summed E-state index contributed by atoms with van der Waals surface area (Å²) in [6.07, 6.45) is 0. The lowest BCUT2D eigenvalue weighted by molar-refractivity contribution is -0.132. The molecular weight excluding hydrogens is 478 g/mol. The fourth-order valence-electron chi connectivity index (χ4n) is 3.55. The van der Waals surface area contributed by atoms with Gasteiger partial charge in [-0.15, -0.1) is 11.3 Å². The van der Waals surface area contributed by atoms with E-state index in [1.54, 1.807) is 35.7 Å². The normalized spacial score (nSPS) is 18.1. The van der Waals surface area contributed by atoms with Crippen LogP contribution in [-0.2, 0) is 9.59 Å². The van der Waals surface area contributed by atoms with Crippen molar-refractivity contribution in [1.29, 1.82) is 0 Å². The molecule has 10 heteroatoms. The Morgan fingerprint density at radius 1 is 1.09 bits per heavy atom. The van der Waals surface area contributed by atoms with Gasteiger partial charge >= 0.3 is 5.91 Å². The van der Waals surface area contributed by atoms with Crippen LogP contribution in [0.15, 0.2) is 59.5 Å². The minimum Gasteiger partial charge on any atom is -0.507 e. The van der Waals surface area contributed by atoms with Crippen molar-refractivity contribution in [2.75, 3.05) is 4.90 Å². The number of rotatable bonds is 3. The number of Topliss-reactive ketones (excluding diaryl/α,β-unsaturated/α-hetero) is 1. The summed E-state index contributed by atoms with van der Waals surface area (Å²) in [5, 5.41) is 13.2. The molecule has 2 aromatic carbocycles. The van der Waals surface area contributed by atoms with Crippen molar-refractivity contribution in [3.63, 3.8) is 0 Å². The second-order valence-electron chi connectivity index (χ2n) is 6.93. The number of benzene rings is 2. The molecule has 0 aliphatic carbocycles. The Morgan fingerprint density at radius 2 is 1.88 bits per heavy atom. The maximum absolute atomic E-state index is 13.7. The lowest BCUT2D eigenvalue weighted by Gasteiger charge is -2.21. The molecule has 0 bridgehead atoms. The van der Waals surface area contributed by atoms with Gasteiger partial charge in [-0.3, -0.25) is 14.5 Å².